The standard InChI is InChI=1S/C14H22N4O4/c1-10-5-11(17-9-12(6-15-17)18(20)21)8-16(7-10)13(19)22-14(2,3)4/h6,9-11H,5,7-8H2,1-4H3/t10-,11-/m1/s1. The average molecular weight is 310 g/mol. The summed E-state index contributed by atoms with van der Waals surface area (Å²) in [4.78, 5) is 24.2. The second kappa shape index (κ2) is 5.94. The van der Waals surface area contributed by atoms with Crippen LogP contribution in [0.15, 0.2) is 12.4 Å². The fourth-order valence-electron chi connectivity index (χ4n) is 2.61. The van der Waals surface area contributed by atoms with E-state index < -0.39 is 10.5 Å². The zero-order chi connectivity index (χ0) is 16.5. The van der Waals surface area contributed by atoms with Crippen molar-refractivity contribution < 1.29 is 14.5 Å². The van der Waals surface area contributed by atoms with Crippen LogP contribution in [-0.2, 0) is 4.74 Å². The van der Waals surface area contributed by atoms with Crippen LogP contribution in [0.4, 0.5) is 10.5 Å². The van der Waals surface area contributed by atoms with Gasteiger partial charge < -0.3 is 9.64 Å². The number of aromatic nitrogens is 2. The van der Waals surface area contributed by atoms with Crippen LogP contribution >= 0.6 is 0 Å². The van der Waals surface area contributed by atoms with E-state index in [2.05, 4.69) is 5.10 Å². The SMILES string of the molecule is C[C@@H]1C[C@@H](n2cc([N+](=O)[O-])cn2)CN(C(=O)OC(C)(C)C)C1. The Labute approximate surface area is 129 Å². The van der Waals surface area contributed by atoms with Crippen molar-refractivity contribution in [3.05, 3.63) is 22.5 Å². The molecule has 0 unspecified atom stereocenters. The Hall–Kier alpha value is -2.12. The van der Waals surface area contributed by atoms with Gasteiger partial charge in [-0.05, 0) is 33.1 Å². The molecule has 0 bridgehead atoms. The number of ether oxygens (including phenoxy) is 1. The van der Waals surface area contributed by atoms with Crippen molar-refractivity contribution in [1.82, 2.24) is 14.7 Å². The smallest absolute Gasteiger partial charge is 0.410 e. The maximum Gasteiger partial charge on any atom is 0.410 e. The minimum Gasteiger partial charge on any atom is -0.444 e. The highest BCUT2D eigenvalue weighted by Gasteiger charge is 2.32. The Morgan fingerprint density at radius 3 is 2.68 bits per heavy atom. The summed E-state index contributed by atoms with van der Waals surface area (Å²) in [5, 5.41) is 14.8. The van der Waals surface area contributed by atoms with Crippen LogP contribution in [0.2, 0.25) is 0 Å². The molecule has 0 aliphatic carbocycles. The van der Waals surface area contributed by atoms with Crippen LogP contribution in [0, 0.1) is 16.0 Å². The number of rotatable bonds is 2. The summed E-state index contributed by atoms with van der Waals surface area (Å²) in [6.45, 7) is 8.58. The molecule has 122 valence electrons. The number of hydrogen-bond donors (Lipinski definition) is 0. The molecule has 2 atom stereocenters. The summed E-state index contributed by atoms with van der Waals surface area (Å²) in [6.07, 6.45) is 3.11. The lowest BCUT2D eigenvalue weighted by Crippen LogP contribution is -2.46. The molecule has 1 aliphatic heterocycles. The third kappa shape index (κ3) is 3.96. The first-order valence-corrected chi connectivity index (χ1v) is 7.32. The van der Waals surface area contributed by atoms with E-state index in [1.165, 1.54) is 12.4 Å². The van der Waals surface area contributed by atoms with Crippen molar-refractivity contribution in [3.8, 4) is 0 Å². The van der Waals surface area contributed by atoms with Crippen molar-refractivity contribution in [1.29, 1.82) is 0 Å². The summed E-state index contributed by atoms with van der Waals surface area (Å²) in [7, 11) is 0. The third-order valence-corrected chi connectivity index (χ3v) is 3.46. The fourth-order valence-corrected chi connectivity index (χ4v) is 2.61. The summed E-state index contributed by atoms with van der Waals surface area (Å²) >= 11 is 0. The molecule has 8 nitrogen and oxygen atoms in total. The first kappa shape index (κ1) is 16.3. The Morgan fingerprint density at radius 1 is 1.45 bits per heavy atom. The van der Waals surface area contributed by atoms with E-state index >= 15 is 0 Å². The van der Waals surface area contributed by atoms with Crippen molar-refractivity contribution in [2.45, 2.75) is 45.8 Å². The molecule has 1 aromatic heterocycles. The van der Waals surface area contributed by atoms with Gasteiger partial charge in [-0.2, -0.15) is 5.10 Å². The first-order chi connectivity index (χ1) is 10.2. The summed E-state index contributed by atoms with van der Waals surface area (Å²) in [6, 6.07) is -0.0787. The molecule has 0 radical (unpaired) electrons. The molecule has 1 aromatic rings. The molecular formula is C14H22N4O4. The normalized spacial score (nSPS) is 22.5. The lowest BCUT2D eigenvalue weighted by molar-refractivity contribution is -0.385. The quantitative estimate of drug-likeness (QED) is 0.618. The van der Waals surface area contributed by atoms with Gasteiger partial charge >= 0.3 is 11.8 Å². The van der Waals surface area contributed by atoms with E-state index in [0.29, 0.717) is 13.1 Å². The van der Waals surface area contributed by atoms with Gasteiger partial charge in [0.1, 0.15) is 18.0 Å². The molecule has 1 amide bonds. The number of nitro groups is 1. The highest BCUT2D eigenvalue weighted by molar-refractivity contribution is 5.68. The largest absolute Gasteiger partial charge is 0.444 e. The minimum atomic E-state index is -0.544. The number of likely N-dealkylation sites (tertiary alicyclic amines) is 1. The molecule has 8 heteroatoms. The van der Waals surface area contributed by atoms with Crippen molar-refractivity contribution >= 4 is 11.8 Å². The predicted octanol–water partition coefficient (Wildman–Crippen LogP) is 2.61. The lowest BCUT2D eigenvalue weighted by atomic mass is 9.96. The Kier molecular flexibility index (Phi) is 4.39. The number of amides is 1. The second-order valence-electron chi connectivity index (χ2n) is 6.82. The molecule has 0 spiro atoms. The van der Waals surface area contributed by atoms with Crippen molar-refractivity contribution in [2.75, 3.05) is 13.1 Å². The van der Waals surface area contributed by atoms with Crippen LogP contribution in [0.3, 0.4) is 0 Å². The minimum absolute atomic E-state index is 0.0398. The fraction of sp³-hybridized carbons (Fsp3) is 0.714. The predicted molar refractivity (Wildman–Crippen MR) is 79.5 cm³/mol. The van der Waals surface area contributed by atoms with Gasteiger partial charge in [0.2, 0.25) is 0 Å². The highest BCUT2D eigenvalue weighted by Crippen LogP contribution is 2.27. The zero-order valence-electron chi connectivity index (χ0n) is 13.4. The average Bonchev–Trinajstić information content (AvgIpc) is 2.85. The Bertz CT molecular complexity index is 563. The first-order valence-electron chi connectivity index (χ1n) is 7.32. The summed E-state index contributed by atoms with van der Waals surface area (Å²) < 4.78 is 6.98. The lowest BCUT2D eigenvalue weighted by Gasteiger charge is -2.37. The topological polar surface area (TPSA) is 90.5 Å². The van der Waals surface area contributed by atoms with Crippen molar-refractivity contribution in [2.24, 2.45) is 5.92 Å². The van der Waals surface area contributed by atoms with E-state index in [1.54, 1.807) is 9.58 Å². The van der Waals surface area contributed by atoms with Gasteiger partial charge in [-0.15, -0.1) is 0 Å². The molecule has 2 heterocycles. The van der Waals surface area contributed by atoms with E-state index in [9.17, 15) is 14.9 Å². The molecule has 2 rings (SSSR count). The van der Waals surface area contributed by atoms with Gasteiger partial charge in [0.05, 0.1) is 11.0 Å². The van der Waals surface area contributed by atoms with Crippen LogP contribution in [0.25, 0.3) is 0 Å². The van der Waals surface area contributed by atoms with Crippen LogP contribution < -0.4 is 0 Å². The van der Waals surface area contributed by atoms with Crippen molar-refractivity contribution in [3.63, 3.8) is 0 Å². The number of carbonyl (C=O) groups excluding carboxylic acids is 1. The Balaban J connectivity index is 2.10. The van der Waals surface area contributed by atoms with Gasteiger partial charge in [-0.25, -0.2) is 4.79 Å². The maximum atomic E-state index is 12.2. The van der Waals surface area contributed by atoms with Gasteiger partial charge in [0, 0.05) is 13.1 Å². The molecule has 1 aliphatic rings. The zero-order valence-corrected chi connectivity index (χ0v) is 13.4. The van der Waals surface area contributed by atoms with Gasteiger partial charge in [0.15, 0.2) is 0 Å². The summed E-state index contributed by atoms with van der Waals surface area (Å²) in [5.41, 5.74) is -0.584. The number of hydrogen-bond acceptors (Lipinski definition) is 5. The number of carbonyl (C=O) groups is 1. The van der Waals surface area contributed by atoms with Gasteiger partial charge in [-0.1, -0.05) is 6.92 Å². The van der Waals surface area contributed by atoms with E-state index in [1.807, 2.05) is 27.7 Å². The molecule has 0 aromatic carbocycles. The maximum absolute atomic E-state index is 12.2. The van der Waals surface area contributed by atoms with E-state index in [4.69, 9.17) is 4.74 Å². The Morgan fingerprint density at radius 2 is 2.14 bits per heavy atom. The number of piperidine rings is 1. The van der Waals surface area contributed by atoms with E-state index in [-0.39, 0.29) is 23.7 Å². The molecule has 0 saturated carbocycles. The third-order valence-electron chi connectivity index (χ3n) is 3.46. The second-order valence-corrected chi connectivity index (χ2v) is 6.82. The molecular weight excluding hydrogens is 288 g/mol. The monoisotopic (exact) mass is 310 g/mol. The molecule has 1 fully saturated rings. The molecule has 22 heavy (non-hydrogen) atoms. The van der Waals surface area contributed by atoms with Crippen LogP contribution in [0.5, 0.6) is 0 Å². The highest BCUT2D eigenvalue weighted by atomic mass is 16.6. The van der Waals surface area contributed by atoms with Crippen LogP contribution in [0.1, 0.15) is 40.2 Å². The van der Waals surface area contributed by atoms with Gasteiger partial charge in [0.25, 0.3) is 0 Å². The van der Waals surface area contributed by atoms with E-state index in [0.717, 1.165) is 6.42 Å². The van der Waals surface area contributed by atoms with Crippen LogP contribution in [-0.4, -0.2) is 44.4 Å². The molecule has 1 saturated heterocycles. The van der Waals surface area contributed by atoms with Gasteiger partial charge in [-0.3, -0.25) is 14.8 Å². The summed E-state index contributed by atoms with van der Waals surface area (Å²) in [5.74, 6) is 0.273. The molecule has 0 N–H and O–H groups in total. The number of nitrogens with zero attached hydrogens (tertiary/aromatic N) is 4.